The molecule has 2 aliphatic heterocycles. The smallest absolute Gasteiger partial charge is 0.159 e. The lowest BCUT2D eigenvalue weighted by atomic mass is 10.0. The Hall–Kier alpha value is -0.160. The van der Waals surface area contributed by atoms with Crippen LogP contribution in [0.15, 0.2) is 0 Å². The van der Waals surface area contributed by atoms with Crippen molar-refractivity contribution in [3.05, 3.63) is 0 Å². The average molecular weight is 229 g/mol. The van der Waals surface area contributed by atoms with Crippen LogP contribution in [0.4, 0.5) is 0 Å². The molecule has 2 rings (SSSR count). The fourth-order valence-corrected chi connectivity index (χ4v) is 2.41. The fraction of sp³-hybridized carbons (Fsp3) is 1.00. The molecule has 94 valence electrons. The van der Waals surface area contributed by atoms with Gasteiger partial charge in [0.05, 0.1) is 19.3 Å². The van der Waals surface area contributed by atoms with Crippen molar-refractivity contribution < 1.29 is 14.2 Å². The van der Waals surface area contributed by atoms with Gasteiger partial charge in [-0.05, 0) is 32.7 Å². The Kier molecular flexibility index (Phi) is 5.03. The van der Waals surface area contributed by atoms with Gasteiger partial charge in [-0.2, -0.15) is 0 Å². The highest BCUT2D eigenvalue weighted by Crippen LogP contribution is 2.20. The SMILES string of the molecule is CNC(CCC1CCCO1)CC1OCCO1. The molecule has 0 aromatic heterocycles. The molecule has 2 aliphatic rings. The molecule has 16 heavy (non-hydrogen) atoms. The van der Waals surface area contributed by atoms with E-state index in [2.05, 4.69) is 5.32 Å². The van der Waals surface area contributed by atoms with E-state index in [-0.39, 0.29) is 6.29 Å². The van der Waals surface area contributed by atoms with Gasteiger partial charge in [0, 0.05) is 19.1 Å². The second kappa shape index (κ2) is 6.55. The molecule has 0 saturated carbocycles. The molecule has 0 radical (unpaired) electrons. The Morgan fingerprint density at radius 1 is 1.19 bits per heavy atom. The molecule has 2 saturated heterocycles. The molecule has 4 nitrogen and oxygen atoms in total. The van der Waals surface area contributed by atoms with Gasteiger partial charge in [0.1, 0.15) is 0 Å². The van der Waals surface area contributed by atoms with Crippen molar-refractivity contribution in [1.82, 2.24) is 5.32 Å². The van der Waals surface area contributed by atoms with Gasteiger partial charge in [-0.1, -0.05) is 0 Å². The standard InChI is InChI=1S/C12H23NO3/c1-13-10(9-12-15-7-8-16-12)4-5-11-3-2-6-14-11/h10-13H,2-9H2,1H3. The van der Waals surface area contributed by atoms with E-state index in [1.807, 2.05) is 7.05 Å². The van der Waals surface area contributed by atoms with E-state index in [1.54, 1.807) is 0 Å². The van der Waals surface area contributed by atoms with E-state index < -0.39 is 0 Å². The van der Waals surface area contributed by atoms with Crippen LogP contribution in [0.2, 0.25) is 0 Å². The first-order valence-electron chi connectivity index (χ1n) is 6.40. The Labute approximate surface area is 97.6 Å². The van der Waals surface area contributed by atoms with Crippen LogP contribution < -0.4 is 5.32 Å². The van der Waals surface area contributed by atoms with Crippen LogP contribution >= 0.6 is 0 Å². The molecule has 4 heteroatoms. The predicted octanol–water partition coefficient (Wildman–Crippen LogP) is 1.30. The zero-order valence-corrected chi connectivity index (χ0v) is 10.1. The normalized spacial score (nSPS) is 28.7. The third kappa shape index (κ3) is 3.70. The highest BCUT2D eigenvalue weighted by molar-refractivity contribution is 4.73. The van der Waals surface area contributed by atoms with Crippen LogP contribution in [0.1, 0.15) is 32.1 Å². The summed E-state index contributed by atoms with van der Waals surface area (Å²) in [6, 6.07) is 0.479. The summed E-state index contributed by atoms with van der Waals surface area (Å²) in [6.45, 7) is 2.43. The summed E-state index contributed by atoms with van der Waals surface area (Å²) in [5.41, 5.74) is 0. The molecule has 0 aromatic carbocycles. The van der Waals surface area contributed by atoms with E-state index in [9.17, 15) is 0 Å². The maximum Gasteiger partial charge on any atom is 0.159 e. The van der Waals surface area contributed by atoms with Crippen LogP contribution in [-0.2, 0) is 14.2 Å². The topological polar surface area (TPSA) is 39.7 Å². The van der Waals surface area contributed by atoms with Gasteiger partial charge in [0.2, 0.25) is 0 Å². The average Bonchev–Trinajstić information content (AvgIpc) is 2.97. The largest absolute Gasteiger partial charge is 0.378 e. The number of nitrogens with one attached hydrogen (secondary N) is 1. The van der Waals surface area contributed by atoms with Crippen LogP contribution in [0, 0.1) is 0 Å². The second-order valence-electron chi connectivity index (χ2n) is 4.60. The van der Waals surface area contributed by atoms with Gasteiger partial charge >= 0.3 is 0 Å². The number of hydrogen-bond donors (Lipinski definition) is 1. The molecule has 0 amide bonds. The molecule has 0 spiro atoms. The van der Waals surface area contributed by atoms with Crippen molar-refractivity contribution >= 4 is 0 Å². The van der Waals surface area contributed by atoms with E-state index >= 15 is 0 Å². The Morgan fingerprint density at radius 3 is 2.62 bits per heavy atom. The summed E-state index contributed by atoms with van der Waals surface area (Å²) in [5, 5.41) is 3.34. The summed E-state index contributed by atoms with van der Waals surface area (Å²) in [7, 11) is 2.01. The first-order chi connectivity index (χ1) is 7.88. The number of ether oxygens (including phenoxy) is 3. The Balaban J connectivity index is 1.63. The summed E-state index contributed by atoms with van der Waals surface area (Å²) >= 11 is 0. The van der Waals surface area contributed by atoms with Gasteiger partial charge in [0.25, 0.3) is 0 Å². The Morgan fingerprint density at radius 2 is 2.00 bits per heavy atom. The maximum atomic E-state index is 5.63. The molecule has 2 fully saturated rings. The van der Waals surface area contributed by atoms with Crippen molar-refractivity contribution in [2.45, 2.75) is 50.5 Å². The lowest BCUT2D eigenvalue weighted by Gasteiger charge is -2.20. The van der Waals surface area contributed by atoms with E-state index in [0.29, 0.717) is 12.1 Å². The summed E-state index contributed by atoms with van der Waals surface area (Å²) in [6.07, 6.45) is 6.19. The summed E-state index contributed by atoms with van der Waals surface area (Å²) < 4.78 is 16.6. The van der Waals surface area contributed by atoms with Crippen LogP contribution in [0.3, 0.4) is 0 Å². The van der Waals surface area contributed by atoms with Crippen molar-refractivity contribution in [2.24, 2.45) is 0 Å². The monoisotopic (exact) mass is 229 g/mol. The molecule has 2 atom stereocenters. The first-order valence-corrected chi connectivity index (χ1v) is 6.40. The zero-order valence-electron chi connectivity index (χ0n) is 10.1. The minimum Gasteiger partial charge on any atom is -0.378 e. The highest BCUT2D eigenvalue weighted by Gasteiger charge is 2.22. The molecule has 1 N–H and O–H groups in total. The predicted molar refractivity (Wildman–Crippen MR) is 61.4 cm³/mol. The summed E-state index contributed by atoms with van der Waals surface area (Å²) in [4.78, 5) is 0. The molecule has 0 aromatic rings. The van der Waals surface area contributed by atoms with Gasteiger partial charge in [0.15, 0.2) is 6.29 Å². The molecule has 2 heterocycles. The second-order valence-corrected chi connectivity index (χ2v) is 4.60. The quantitative estimate of drug-likeness (QED) is 0.745. The molecule has 2 unspecified atom stereocenters. The lowest BCUT2D eigenvalue weighted by Crippen LogP contribution is -2.31. The fourth-order valence-electron chi connectivity index (χ4n) is 2.41. The van der Waals surface area contributed by atoms with Crippen LogP contribution in [0.5, 0.6) is 0 Å². The lowest BCUT2D eigenvalue weighted by molar-refractivity contribution is -0.0534. The minimum absolute atomic E-state index is 0.00180. The first kappa shape index (κ1) is 12.3. The minimum atomic E-state index is 0.00180. The highest BCUT2D eigenvalue weighted by atomic mass is 16.7. The third-order valence-electron chi connectivity index (χ3n) is 3.44. The van der Waals surface area contributed by atoms with Gasteiger partial charge in [-0.15, -0.1) is 0 Å². The van der Waals surface area contributed by atoms with Crippen molar-refractivity contribution in [1.29, 1.82) is 0 Å². The van der Waals surface area contributed by atoms with Gasteiger partial charge in [-0.25, -0.2) is 0 Å². The third-order valence-corrected chi connectivity index (χ3v) is 3.44. The van der Waals surface area contributed by atoms with Gasteiger partial charge < -0.3 is 19.5 Å². The van der Waals surface area contributed by atoms with Crippen LogP contribution in [0.25, 0.3) is 0 Å². The number of rotatable bonds is 6. The van der Waals surface area contributed by atoms with Crippen molar-refractivity contribution in [2.75, 3.05) is 26.9 Å². The Bertz CT molecular complexity index is 189. The van der Waals surface area contributed by atoms with E-state index in [4.69, 9.17) is 14.2 Å². The van der Waals surface area contributed by atoms with Crippen LogP contribution in [-0.4, -0.2) is 45.3 Å². The number of hydrogen-bond acceptors (Lipinski definition) is 4. The molecule has 0 bridgehead atoms. The molecular weight excluding hydrogens is 206 g/mol. The van der Waals surface area contributed by atoms with Gasteiger partial charge in [-0.3, -0.25) is 0 Å². The van der Waals surface area contributed by atoms with Crippen molar-refractivity contribution in [3.63, 3.8) is 0 Å². The van der Waals surface area contributed by atoms with Crippen molar-refractivity contribution in [3.8, 4) is 0 Å². The summed E-state index contributed by atoms with van der Waals surface area (Å²) in [5.74, 6) is 0. The van der Waals surface area contributed by atoms with E-state index in [0.717, 1.165) is 39.1 Å². The maximum absolute atomic E-state index is 5.63. The van der Waals surface area contributed by atoms with E-state index in [1.165, 1.54) is 12.8 Å². The molecular formula is C12H23NO3. The molecule has 0 aliphatic carbocycles. The zero-order chi connectivity index (χ0) is 11.2.